The van der Waals surface area contributed by atoms with Gasteiger partial charge in [0, 0.05) is 0 Å². The lowest BCUT2D eigenvalue weighted by molar-refractivity contribution is -0.142. The minimum atomic E-state index is -3.80. The van der Waals surface area contributed by atoms with Gasteiger partial charge in [0.2, 0.25) is 10.0 Å². The van der Waals surface area contributed by atoms with Crippen LogP contribution in [0.1, 0.15) is 11.1 Å². The zero-order valence-electron chi connectivity index (χ0n) is 13.0. The standard InChI is InChI=1S/C17H19NO4S/c1-13-8-10-15(11-9-13)23(20,21)18-16(17(19)22-2)12-14-6-4-3-5-7-14/h3-11,16,18H,12H2,1-2H3/t16-/m1/s1. The molecule has 0 amide bonds. The van der Waals surface area contributed by atoms with E-state index in [2.05, 4.69) is 4.72 Å². The van der Waals surface area contributed by atoms with E-state index in [0.717, 1.165) is 11.1 Å². The molecule has 2 aromatic carbocycles. The van der Waals surface area contributed by atoms with Gasteiger partial charge in [-0.1, -0.05) is 48.0 Å². The van der Waals surface area contributed by atoms with Gasteiger partial charge in [0.15, 0.2) is 0 Å². The summed E-state index contributed by atoms with van der Waals surface area (Å²) in [6, 6.07) is 14.6. The molecule has 6 heteroatoms. The van der Waals surface area contributed by atoms with Crippen LogP contribution in [0.4, 0.5) is 0 Å². The highest BCUT2D eigenvalue weighted by atomic mass is 32.2. The van der Waals surface area contributed by atoms with Gasteiger partial charge in [0.05, 0.1) is 12.0 Å². The Labute approximate surface area is 136 Å². The number of carbonyl (C=O) groups excluding carboxylic acids is 1. The van der Waals surface area contributed by atoms with E-state index in [1.54, 1.807) is 12.1 Å². The van der Waals surface area contributed by atoms with Crippen LogP contribution in [0.25, 0.3) is 0 Å². The first-order valence-corrected chi connectivity index (χ1v) is 8.61. The number of hydrogen-bond acceptors (Lipinski definition) is 4. The summed E-state index contributed by atoms with van der Waals surface area (Å²) in [6.07, 6.45) is 0.221. The summed E-state index contributed by atoms with van der Waals surface area (Å²) in [7, 11) is -2.57. The average Bonchev–Trinajstić information content (AvgIpc) is 2.54. The monoisotopic (exact) mass is 333 g/mol. The molecule has 1 atom stereocenters. The largest absolute Gasteiger partial charge is 0.468 e. The maximum absolute atomic E-state index is 12.4. The number of ether oxygens (including phenoxy) is 1. The summed E-state index contributed by atoms with van der Waals surface area (Å²) in [4.78, 5) is 12.0. The fraction of sp³-hybridized carbons (Fsp3) is 0.235. The van der Waals surface area contributed by atoms with Crippen molar-refractivity contribution < 1.29 is 17.9 Å². The molecule has 0 aliphatic carbocycles. The maximum atomic E-state index is 12.4. The van der Waals surface area contributed by atoms with Crippen LogP contribution in [0.5, 0.6) is 0 Å². The van der Waals surface area contributed by atoms with E-state index in [1.165, 1.54) is 19.2 Å². The first kappa shape index (κ1) is 17.2. The van der Waals surface area contributed by atoms with Gasteiger partial charge in [0.1, 0.15) is 6.04 Å². The fourth-order valence-corrected chi connectivity index (χ4v) is 3.32. The van der Waals surface area contributed by atoms with E-state index in [1.807, 2.05) is 37.3 Å². The van der Waals surface area contributed by atoms with Crippen LogP contribution in [0.2, 0.25) is 0 Å². The van der Waals surface area contributed by atoms with E-state index < -0.39 is 22.0 Å². The lowest BCUT2D eigenvalue weighted by Gasteiger charge is -2.17. The number of rotatable bonds is 6. The fourth-order valence-electron chi connectivity index (χ4n) is 2.14. The van der Waals surface area contributed by atoms with Gasteiger partial charge in [-0.05, 0) is 31.0 Å². The molecule has 0 bridgehead atoms. The highest BCUT2D eigenvalue weighted by Crippen LogP contribution is 2.12. The van der Waals surface area contributed by atoms with Crippen molar-refractivity contribution in [1.29, 1.82) is 0 Å². The predicted octanol–water partition coefficient (Wildman–Crippen LogP) is 2.06. The van der Waals surface area contributed by atoms with Gasteiger partial charge in [-0.3, -0.25) is 4.79 Å². The number of hydrogen-bond donors (Lipinski definition) is 1. The average molecular weight is 333 g/mol. The molecule has 2 aromatic rings. The summed E-state index contributed by atoms with van der Waals surface area (Å²) >= 11 is 0. The Balaban J connectivity index is 2.23. The Hall–Kier alpha value is -2.18. The Morgan fingerprint density at radius 2 is 1.70 bits per heavy atom. The van der Waals surface area contributed by atoms with Crippen LogP contribution in [0.15, 0.2) is 59.5 Å². The van der Waals surface area contributed by atoms with E-state index in [4.69, 9.17) is 4.74 Å². The molecule has 122 valence electrons. The van der Waals surface area contributed by atoms with Crippen LogP contribution >= 0.6 is 0 Å². The number of methoxy groups -OCH3 is 1. The van der Waals surface area contributed by atoms with Crippen molar-refractivity contribution in [3.8, 4) is 0 Å². The molecule has 2 rings (SSSR count). The van der Waals surface area contributed by atoms with Crippen molar-refractivity contribution in [3.63, 3.8) is 0 Å². The highest BCUT2D eigenvalue weighted by molar-refractivity contribution is 7.89. The van der Waals surface area contributed by atoms with E-state index in [0.29, 0.717) is 0 Å². The highest BCUT2D eigenvalue weighted by Gasteiger charge is 2.26. The molecule has 1 N–H and O–H groups in total. The molecule has 0 unspecified atom stereocenters. The Morgan fingerprint density at radius 1 is 1.09 bits per heavy atom. The van der Waals surface area contributed by atoms with E-state index in [-0.39, 0.29) is 11.3 Å². The van der Waals surface area contributed by atoms with Crippen molar-refractivity contribution in [2.45, 2.75) is 24.3 Å². The van der Waals surface area contributed by atoms with Crippen molar-refractivity contribution in [1.82, 2.24) is 4.72 Å². The van der Waals surface area contributed by atoms with Gasteiger partial charge in [-0.15, -0.1) is 0 Å². The van der Waals surface area contributed by atoms with Crippen LogP contribution < -0.4 is 4.72 Å². The molecule has 0 saturated carbocycles. The first-order chi connectivity index (χ1) is 10.9. The number of nitrogens with one attached hydrogen (secondary N) is 1. The molecule has 0 aliphatic heterocycles. The Kier molecular flexibility index (Phi) is 5.52. The molecule has 23 heavy (non-hydrogen) atoms. The van der Waals surface area contributed by atoms with Gasteiger partial charge in [-0.2, -0.15) is 4.72 Å². The smallest absolute Gasteiger partial charge is 0.324 e. The van der Waals surface area contributed by atoms with Gasteiger partial charge in [-0.25, -0.2) is 8.42 Å². The quantitative estimate of drug-likeness (QED) is 0.821. The van der Waals surface area contributed by atoms with Crippen LogP contribution in [-0.2, 0) is 26.0 Å². The van der Waals surface area contributed by atoms with Crippen molar-refractivity contribution in [3.05, 3.63) is 65.7 Å². The van der Waals surface area contributed by atoms with Crippen molar-refractivity contribution >= 4 is 16.0 Å². The normalized spacial score (nSPS) is 12.6. The minimum absolute atomic E-state index is 0.116. The van der Waals surface area contributed by atoms with Crippen molar-refractivity contribution in [2.24, 2.45) is 0 Å². The topological polar surface area (TPSA) is 72.5 Å². The summed E-state index contributed by atoms with van der Waals surface area (Å²) in [5.74, 6) is -0.621. The van der Waals surface area contributed by atoms with Gasteiger partial charge < -0.3 is 4.74 Å². The molecule has 0 heterocycles. The summed E-state index contributed by atoms with van der Waals surface area (Å²) in [6.45, 7) is 1.87. The zero-order chi connectivity index (χ0) is 16.9. The lowest BCUT2D eigenvalue weighted by Crippen LogP contribution is -2.42. The SMILES string of the molecule is COC(=O)[C@@H](Cc1ccccc1)NS(=O)(=O)c1ccc(C)cc1. The number of sulfonamides is 1. The Bertz CT molecular complexity index is 755. The molecule has 0 saturated heterocycles. The third-order valence-electron chi connectivity index (χ3n) is 3.40. The minimum Gasteiger partial charge on any atom is -0.468 e. The van der Waals surface area contributed by atoms with E-state index >= 15 is 0 Å². The first-order valence-electron chi connectivity index (χ1n) is 7.13. The lowest BCUT2D eigenvalue weighted by atomic mass is 10.1. The van der Waals surface area contributed by atoms with Crippen LogP contribution in [0, 0.1) is 6.92 Å². The maximum Gasteiger partial charge on any atom is 0.324 e. The second-order valence-electron chi connectivity index (χ2n) is 5.20. The molecule has 0 radical (unpaired) electrons. The summed E-state index contributed by atoms with van der Waals surface area (Å²) < 4.78 is 32.0. The molecular formula is C17H19NO4S. The Morgan fingerprint density at radius 3 is 2.26 bits per heavy atom. The second-order valence-corrected chi connectivity index (χ2v) is 6.91. The van der Waals surface area contributed by atoms with Crippen LogP contribution in [-0.4, -0.2) is 27.5 Å². The van der Waals surface area contributed by atoms with Crippen molar-refractivity contribution in [2.75, 3.05) is 7.11 Å². The molecule has 0 aromatic heterocycles. The third-order valence-corrected chi connectivity index (χ3v) is 4.88. The number of benzene rings is 2. The molecule has 0 spiro atoms. The third kappa shape index (κ3) is 4.64. The van der Waals surface area contributed by atoms with Crippen LogP contribution in [0.3, 0.4) is 0 Å². The van der Waals surface area contributed by atoms with Gasteiger partial charge in [0.25, 0.3) is 0 Å². The molecule has 0 fully saturated rings. The second kappa shape index (κ2) is 7.39. The summed E-state index contributed by atoms with van der Waals surface area (Å²) in [5.41, 5.74) is 1.80. The van der Waals surface area contributed by atoms with Gasteiger partial charge >= 0.3 is 5.97 Å². The number of esters is 1. The number of carbonyl (C=O) groups is 1. The van der Waals surface area contributed by atoms with E-state index in [9.17, 15) is 13.2 Å². The molecule has 0 aliphatic rings. The predicted molar refractivity (Wildman–Crippen MR) is 87.5 cm³/mol. The molecular weight excluding hydrogens is 314 g/mol. The molecule has 5 nitrogen and oxygen atoms in total. The zero-order valence-corrected chi connectivity index (χ0v) is 13.8. The number of aryl methyl sites for hydroxylation is 1. The summed E-state index contributed by atoms with van der Waals surface area (Å²) in [5, 5.41) is 0.